The third-order valence-electron chi connectivity index (χ3n) is 1.87. The Kier molecular flexibility index (Phi) is 3.88. The fourth-order valence-corrected chi connectivity index (χ4v) is 2.19. The van der Waals surface area contributed by atoms with Crippen LogP contribution in [0.1, 0.15) is 38.1 Å². The monoisotopic (exact) mass is 227 g/mol. The maximum atomic E-state index is 10.8. The predicted molar refractivity (Wildman–Crippen MR) is 62.2 cm³/mol. The van der Waals surface area contributed by atoms with Gasteiger partial charge in [0.2, 0.25) is 0 Å². The van der Waals surface area contributed by atoms with Gasteiger partial charge in [-0.3, -0.25) is 4.79 Å². The van der Waals surface area contributed by atoms with Crippen LogP contribution in [0.15, 0.2) is 17.5 Å². The first-order valence-corrected chi connectivity index (χ1v) is 5.79. The van der Waals surface area contributed by atoms with E-state index in [9.17, 15) is 4.79 Å². The van der Waals surface area contributed by atoms with Gasteiger partial charge in [0.15, 0.2) is 0 Å². The number of thiophene rings is 1. The van der Waals surface area contributed by atoms with Gasteiger partial charge in [0.05, 0.1) is 12.5 Å². The highest BCUT2D eigenvalue weighted by molar-refractivity contribution is 7.10. The molecular weight excluding hydrogens is 210 g/mol. The van der Waals surface area contributed by atoms with Crippen LogP contribution in [0.2, 0.25) is 0 Å². The molecule has 1 aromatic rings. The van der Waals surface area contributed by atoms with E-state index in [-0.39, 0.29) is 18.0 Å². The normalized spacial score (nSPS) is 13.8. The number of nitrogens with one attached hydrogen (secondary N) is 1. The zero-order chi connectivity index (χ0) is 11.5. The van der Waals surface area contributed by atoms with Crippen molar-refractivity contribution in [2.24, 2.45) is 0 Å². The summed E-state index contributed by atoms with van der Waals surface area (Å²) in [5.41, 5.74) is -0.0793. The van der Waals surface area contributed by atoms with Crippen molar-refractivity contribution in [3.05, 3.63) is 22.4 Å². The molecule has 0 bridgehead atoms. The summed E-state index contributed by atoms with van der Waals surface area (Å²) in [7, 11) is 0. The van der Waals surface area contributed by atoms with Crippen molar-refractivity contribution in [2.45, 2.75) is 38.8 Å². The Hall–Kier alpha value is -0.870. The Morgan fingerprint density at radius 3 is 2.67 bits per heavy atom. The van der Waals surface area contributed by atoms with Crippen LogP contribution in [0.25, 0.3) is 0 Å². The van der Waals surface area contributed by atoms with Gasteiger partial charge in [-0.1, -0.05) is 6.07 Å². The number of carbonyl (C=O) groups is 1. The molecule has 0 amide bonds. The summed E-state index contributed by atoms with van der Waals surface area (Å²) in [6, 6.07) is 3.82. The van der Waals surface area contributed by atoms with E-state index >= 15 is 0 Å². The average molecular weight is 227 g/mol. The molecule has 0 saturated heterocycles. The Labute approximate surface area is 94.1 Å². The van der Waals surface area contributed by atoms with Crippen molar-refractivity contribution in [1.29, 1.82) is 0 Å². The molecule has 0 aliphatic carbocycles. The molecule has 0 saturated carbocycles. The summed E-state index contributed by atoms with van der Waals surface area (Å²) >= 11 is 1.59. The van der Waals surface area contributed by atoms with Gasteiger partial charge in [0.25, 0.3) is 0 Å². The lowest BCUT2D eigenvalue weighted by Gasteiger charge is -2.27. The third-order valence-corrected chi connectivity index (χ3v) is 2.86. The van der Waals surface area contributed by atoms with Crippen LogP contribution in [0.5, 0.6) is 0 Å². The summed E-state index contributed by atoms with van der Waals surface area (Å²) in [4.78, 5) is 11.8. The first-order valence-electron chi connectivity index (χ1n) is 4.91. The fourth-order valence-electron chi connectivity index (χ4n) is 1.41. The largest absolute Gasteiger partial charge is 0.481 e. The molecule has 1 unspecified atom stereocenters. The molecule has 3 nitrogen and oxygen atoms in total. The fraction of sp³-hybridized carbons (Fsp3) is 0.545. The standard InChI is InChI=1S/C11H17NO2S/c1-11(2,3)12-8(7-10(13)14)9-5-4-6-15-9/h4-6,8,12H,7H2,1-3H3,(H,13,14). The Bertz CT molecular complexity index is 314. The van der Waals surface area contributed by atoms with E-state index in [0.29, 0.717) is 0 Å². The van der Waals surface area contributed by atoms with Crippen LogP contribution in [0.3, 0.4) is 0 Å². The Morgan fingerprint density at radius 1 is 1.60 bits per heavy atom. The van der Waals surface area contributed by atoms with Crippen LogP contribution in [0, 0.1) is 0 Å². The minimum Gasteiger partial charge on any atom is -0.481 e. The molecule has 1 atom stereocenters. The molecule has 0 aliphatic rings. The molecule has 2 N–H and O–H groups in total. The van der Waals surface area contributed by atoms with Crippen molar-refractivity contribution >= 4 is 17.3 Å². The van der Waals surface area contributed by atoms with Gasteiger partial charge in [0, 0.05) is 10.4 Å². The first kappa shape index (κ1) is 12.2. The molecule has 1 rings (SSSR count). The second-order valence-corrected chi connectivity index (χ2v) is 5.54. The highest BCUT2D eigenvalue weighted by Gasteiger charge is 2.21. The quantitative estimate of drug-likeness (QED) is 0.831. The van der Waals surface area contributed by atoms with Crippen LogP contribution in [-0.4, -0.2) is 16.6 Å². The summed E-state index contributed by atoms with van der Waals surface area (Å²) < 4.78 is 0. The van der Waals surface area contributed by atoms with Gasteiger partial charge in [-0.15, -0.1) is 11.3 Å². The van der Waals surface area contributed by atoms with E-state index < -0.39 is 5.97 Å². The molecule has 1 aromatic heterocycles. The number of hydrogen-bond acceptors (Lipinski definition) is 3. The van der Waals surface area contributed by atoms with E-state index in [4.69, 9.17) is 5.11 Å². The predicted octanol–water partition coefficient (Wildman–Crippen LogP) is 2.65. The van der Waals surface area contributed by atoms with Crippen LogP contribution in [-0.2, 0) is 4.79 Å². The maximum Gasteiger partial charge on any atom is 0.305 e. The molecule has 15 heavy (non-hydrogen) atoms. The number of carboxylic acids is 1. The van der Waals surface area contributed by atoms with Gasteiger partial charge in [-0.25, -0.2) is 0 Å². The second kappa shape index (κ2) is 4.77. The minimum absolute atomic E-state index is 0.0793. The highest BCUT2D eigenvalue weighted by Crippen LogP contribution is 2.24. The van der Waals surface area contributed by atoms with Crippen LogP contribution in [0.4, 0.5) is 0 Å². The van der Waals surface area contributed by atoms with Crippen molar-refractivity contribution in [3.63, 3.8) is 0 Å². The average Bonchev–Trinajstić information content (AvgIpc) is 2.50. The lowest BCUT2D eigenvalue weighted by atomic mass is 10.0. The molecule has 0 aromatic carbocycles. The van der Waals surface area contributed by atoms with E-state index in [2.05, 4.69) is 5.32 Å². The van der Waals surface area contributed by atoms with Crippen molar-refractivity contribution in [3.8, 4) is 0 Å². The molecule has 0 aliphatic heterocycles. The summed E-state index contributed by atoms with van der Waals surface area (Å²) in [6.07, 6.45) is 0.123. The van der Waals surface area contributed by atoms with E-state index in [0.717, 1.165) is 4.88 Å². The van der Waals surface area contributed by atoms with Gasteiger partial charge < -0.3 is 10.4 Å². The van der Waals surface area contributed by atoms with Gasteiger partial charge in [-0.05, 0) is 32.2 Å². The number of aliphatic carboxylic acids is 1. The number of hydrogen-bond donors (Lipinski definition) is 2. The van der Waals surface area contributed by atoms with Crippen molar-refractivity contribution in [1.82, 2.24) is 5.32 Å². The van der Waals surface area contributed by atoms with E-state index in [1.54, 1.807) is 11.3 Å². The molecule has 4 heteroatoms. The summed E-state index contributed by atoms with van der Waals surface area (Å²) in [5, 5.41) is 14.1. The molecule has 0 fully saturated rings. The van der Waals surface area contributed by atoms with Crippen molar-refractivity contribution < 1.29 is 9.90 Å². The SMILES string of the molecule is CC(C)(C)NC(CC(=O)O)c1cccs1. The highest BCUT2D eigenvalue weighted by atomic mass is 32.1. The Balaban J connectivity index is 2.75. The zero-order valence-electron chi connectivity index (χ0n) is 9.28. The summed E-state index contributed by atoms with van der Waals surface area (Å²) in [5.74, 6) is -0.773. The van der Waals surface area contributed by atoms with Gasteiger partial charge in [0.1, 0.15) is 0 Å². The topological polar surface area (TPSA) is 49.3 Å². The molecule has 0 spiro atoms. The van der Waals surface area contributed by atoms with E-state index in [1.165, 1.54) is 0 Å². The van der Waals surface area contributed by atoms with E-state index in [1.807, 2.05) is 38.3 Å². The molecule has 84 valence electrons. The molecule has 0 radical (unpaired) electrons. The van der Waals surface area contributed by atoms with Gasteiger partial charge in [-0.2, -0.15) is 0 Å². The van der Waals surface area contributed by atoms with Crippen LogP contribution >= 0.6 is 11.3 Å². The smallest absolute Gasteiger partial charge is 0.305 e. The third kappa shape index (κ3) is 4.44. The molecular formula is C11H17NO2S. The minimum atomic E-state index is -0.773. The van der Waals surface area contributed by atoms with Crippen LogP contribution < -0.4 is 5.32 Å². The Morgan fingerprint density at radius 2 is 2.27 bits per heavy atom. The lowest BCUT2D eigenvalue weighted by molar-refractivity contribution is -0.137. The number of rotatable bonds is 4. The van der Waals surface area contributed by atoms with Gasteiger partial charge >= 0.3 is 5.97 Å². The second-order valence-electron chi connectivity index (χ2n) is 4.56. The molecule has 1 heterocycles. The first-order chi connectivity index (χ1) is 6.88. The number of carboxylic acid groups (broad SMARTS) is 1. The summed E-state index contributed by atoms with van der Waals surface area (Å²) in [6.45, 7) is 6.11. The van der Waals surface area contributed by atoms with Crippen molar-refractivity contribution in [2.75, 3.05) is 0 Å². The lowest BCUT2D eigenvalue weighted by Crippen LogP contribution is -2.39. The zero-order valence-corrected chi connectivity index (χ0v) is 10.1. The maximum absolute atomic E-state index is 10.8.